The molecule has 4 bridgehead atoms. The number of allylic oxidation sites excluding steroid dienone is 7. The van der Waals surface area contributed by atoms with Crippen molar-refractivity contribution in [3.05, 3.63) is 70.0 Å². The van der Waals surface area contributed by atoms with Crippen molar-refractivity contribution in [3.8, 4) is 11.5 Å². The molecule has 3 atom stereocenters. The molecule has 0 amide bonds. The Hall–Kier alpha value is -3.12. The number of aromatic hydroxyl groups is 1. The van der Waals surface area contributed by atoms with Gasteiger partial charge in [-0.2, -0.15) is 0 Å². The van der Waals surface area contributed by atoms with Gasteiger partial charge in [-0.15, -0.1) is 0 Å². The van der Waals surface area contributed by atoms with Crippen molar-refractivity contribution in [2.75, 3.05) is 0 Å². The monoisotopic (exact) mass is 518 g/mol. The molecule has 38 heavy (non-hydrogen) atoms. The lowest BCUT2D eigenvalue weighted by atomic mass is 9.61. The predicted molar refractivity (Wildman–Crippen MR) is 145 cm³/mol. The number of benzene rings is 1. The van der Waals surface area contributed by atoms with Crippen LogP contribution in [-0.2, 0) is 19.7 Å². The van der Waals surface area contributed by atoms with Crippen LogP contribution < -0.4 is 4.74 Å². The van der Waals surface area contributed by atoms with Crippen molar-refractivity contribution in [1.82, 2.24) is 0 Å². The van der Waals surface area contributed by atoms with E-state index in [-0.39, 0.29) is 35.2 Å². The van der Waals surface area contributed by atoms with Crippen LogP contribution in [0, 0.1) is 5.92 Å². The minimum atomic E-state index is -2.43. The van der Waals surface area contributed by atoms with E-state index in [0.717, 1.165) is 37.7 Å². The molecular formula is C32H38O6. The average Bonchev–Trinajstić information content (AvgIpc) is 3.27. The van der Waals surface area contributed by atoms with Crippen LogP contribution in [0.15, 0.2) is 64.5 Å². The standard InChI is InChI=1S/C32H38O6/c1-19-8-6-10-20(2)12-14-23-26-27(38-30(23,4)5)29(35)31(17-16-21(3)11-7-9-19)24-18-22(33)13-15-25(24)37-32(31,36)28(26)34/h9-10,13,15-16,18,23,33,36H,6-8,11-12,14,17H2,1-5H3/b19-9+,20-10+,21-16+/t23-,31+,32-/m1/s1. The van der Waals surface area contributed by atoms with Crippen LogP contribution in [0.1, 0.15) is 85.1 Å². The maximum atomic E-state index is 14.5. The Morgan fingerprint density at radius 3 is 2.18 bits per heavy atom. The zero-order valence-corrected chi connectivity index (χ0v) is 23.0. The summed E-state index contributed by atoms with van der Waals surface area (Å²) in [7, 11) is 0. The third kappa shape index (κ3) is 3.96. The molecule has 3 aliphatic carbocycles. The van der Waals surface area contributed by atoms with E-state index >= 15 is 0 Å². The van der Waals surface area contributed by atoms with Gasteiger partial charge in [0.2, 0.25) is 11.6 Å². The molecule has 0 radical (unpaired) electrons. The number of rotatable bonds is 0. The molecule has 0 saturated heterocycles. The molecule has 0 aromatic heterocycles. The second kappa shape index (κ2) is 9.26. The topological polar surface area (TPSA) is 93.1 Å². The van der Waals surface area contributed by atoms with Gasteiger partial charge in [0.15, 0.2) is 5.76 Å². The molecule has 0 fully saturated rings. The zero-order chi connectivity index (χ0) is 27.5. The molecule has 6 nitrogen and oxygen atoms in total. The second-order valence-electron chi connectivity index (χ2n) is 12.0. The number of phenols is 1. The van der Waals surface area contributed by atoms with E-state index in [0.29, 0.717) is 12.0 Å². The molecule has 1 aromatic carbocycles. The van der Waals surface area contributed by atoms with Gasteiger partial charge in [-0.1, -0.05) is 34.9 Å². The zero-order valence-electron chi connectivity index (χ0n) is 23.0. The van der Waals surface area contributed by atoms with E-state index in [1.165, 1.54) is 29.3 Å². The SMILES string of the molecule is C/C1=C\CC/C(C)=C/C[C@]23C(=O)C4=C(C(=O)[C@@]2(O)Oc2ccc(O)cc23)[C@@H](CC/C(C)=C/CC1)C(C)(C)O4. The Labute approximate surface area is 224 Å². The van der Waals surface area contributed by atoms with Gasteiger partial charge >= 0.3 is 0 Å². The van der Waals surface area contributed by atoms with Crippen molar-refractivity contribution < 1.29 is 29.3 Å². The first-order chi connectivity index (χ1) is 17.9. The first kappa shape index (κ1) is 26.5. The Morgan fingerprint density at radius 2 is 1.50 bits per heavy atom. The number of carbonyl (C=O) groups is 2. The number of aliphatic hydroxyl groups is 1. The number of ether oxygens (including phenoxy) is 2. The van der Waals surface area contributed by atoms with E-state index in [9.17, 15) is 19.8 Å². The minimum Gasteiger partial charge on any atom is -0.508 e. The molecule has 6 heteroatoms. The third-order valence-electron chi connectivity index (χ3n) is 8.85. The van der Waals surface area contributed by atoms with Crippen molar-refractivity contribution in [3.63, 3.8) is 0 Å². The van der Waals surface area contributed by atoms with Crippen molar-refractivity contribution >= 4 is 11.6 Å². The quantitative estimate of drug-likeness (QED) is 0.402. The van der Waals surface area contributed by atoms with Crippen LogP contribution >= 0.6 is 0 Å². The largest absolute Gasteiger partial charge is 0.508 e. The van der Waals surface area contributed by atoms with Gasteiger partial charge in [0, 0.05) is 11.5 Å². The van der Waals surface area contributed by atoms with Crippen molar-refractivity contribution in [2.45, 2.75) is 96.4 Å². The highest BCUT2D eigenvalue weighted by Crippen LogP contribution is 2.60. The predicted octanol–water partition coefficient (Wildman–Crippen LogP) is 6.13. The van der Waals surface area contributed by atoms with Gasteiger partial charge in [-0.05, 0) is 97.8 Å². The number of ketones is 2. The molecule has 0 unspecified atom stereocenters. The lowest BCUT2D eigenvalue weighted by Gasteiger charge is -2.41. The van der Waals surface area contributed by atoms with Gasteiger partial charge in [-0.3, -0.25) is 9.59 Å². The molecule has 2 heterocycles. The van der Waals surface area contributed by atoms with Crippen LogP contribution in [0.3, 0.4) is 0 Å². The van der Waals surface area contributed by atoms with E-state index < -0.39 is 28.4 Å². The Balaban J connectivity index is 1.69. The summed E-state index contributed by atoms with van der Waals surface area (Å²) in [6.07, 6.45) is 11.4. The van der Waals surface area contributed by atoms with Gasteiger partial charge in [0.05, 0.1) is 5.57 Å². The fourth-order valence-corrected chi connectivity index (χ4v) is 6.52. The van der Waals surface area contributed by atoms with Gasteiger partial charge in [-0.25, -0.2) is 0 Å². The summed E-state index contributed by atoms with van der Waals surface area (Å²) in [4.78, 5) is 28.8. The normalized spacial score (nSPS) is 35.4. The number of phenolic OH excluding ortho intramolecular Hbond substituents is 1. The number of fused-ring (bicyclic) bond motifs is 10. The molecular weight excluding hydrogens is 480 g/mol. The number of hydrogen-bond acceptors (Lipinski definition) is 6. The molecule has 202 valence electrons. The van der Waals surface area contributed by atoms with Crippen LogP contribution in [0.5, 0.6) is 11.5 Å². The molecule has 6 rings (SSSR count). The first-order valence-electron chi connectivity index (χ1n) is 13.7. The fraction of sp³-hybridized carbons (Fsp3) is 0.500. The minimum absolute atomic E-state index is 0.0295. The van der Waals surface area contributed by atoms with E-state index in [2.05, 4.69) is 26.0 Å². The highest BCUT2D eigenvalue weighted by Gasteiger charge is 2.74. The lowest BCUT2D eigenvalue weighted by molar-refractivity contribution is -0.190. The smallest absolute Gasteiger partial charge is 0.290 e. The molecule has 0 saturated carbocycles. The summed E-state index contributed by atoms with van der Waals surface area (Å²) in [6, 6.07) is 4.36. The Bertz CT molecular complexity index is 1330. The van der Waals surface area contributed by atoms with Crippen molar-refractivity contribution in [2.24, 2.45) is 5.92 Å². The van der Waals surface area contributed by atoms with Gasteiger partial charge < -0.3 is 19.7 Å². The first-order valence-corrected chi connectivity index (χ1v) is 13.7. The molecule has 2 N–H and O–H groups in total. The van der Waals surface area contributed by atoms with E-state index in [1.807, 2.05) is 26.8 Å². The van der Waals surface area contributed by atoms with E-state index in [4.69, 9.17) is 9.47 Å². The molecule has 1 spiro atoms. The highest BCUT2D eigenvalue weighted by atomic mass is 16.6. The molecule has 2 aliphatic heterocycles. The maximum Gasteiger partial charge on any atom is 0.290 e. The van der Waals surface area contributed by atoms with Crippen molar-refractivity contribution in [1.29, 1.82) is 0 Å². The fourth-order valence-electron chi connectivity index (χ4n) is 6.52. The maximum absolute atomic E-state index is 14.5. The van der Waals surface area contributed by atoms with Gasteiger partial charge in [0.1, 0.15) is 22.5 Å². The summed E-state index contributed by atoms with van der Waals surface area (Å²) < 4.78 is 12.3. The summed E-state index contributed by atoms with van der Waals surface area (Å²) in [5.41, 5.74) is 1.60. The lowest BCUT2D eigenvalue weighted by Crippen LogP contribution is -2.64. The average molecular weight is 519 g/mol. The second-order valence-corrected chi connectivity index (χ2v) is 12.0. The summed E-state index contributed by atoms with van der Waals surface area (Å²) in [5, 5.41) is 22.5. The van der Waals surface area contributed by atoms with Gasteiger partial charge in [0.25, 0.3) is 5.79 Å². The molecule has 1 aromatic rings. The van der Waals surface area contributed by atoms with Crippen LogP contribution in [0.2, 0.25) is 0 Å². The van der Waals surface area contributed by atoms with Crippen LogP contribution in [0.4, 0.5) is 0 Å². The molecule has 5 aliphatic rings. The Morgan fingerprint density at radius 1 is 0.868 bits per heavy atom. The summed E-state index contributed by atoms with van der Waals surface area (Å²) >= 11 is 0. The number of carbonyl (C=O) groups excluding carboxylic acids is 2. The summed E-state index contributed by atoms with van der Waals surface area (Å²) in [6.45, 7) is 10.0. The number of hydrogen-bond donors (Lipinski definition) is 2. The number of Topliss-reactive ketones (excluding diaryl/α,β-unsaturated/α-hetero) is 2. The Kier molecular flexibility index (Phi) is 6.46. The van der Waals surface area contributed by atoms with Crippen LogP contribution in [0.25, 0.3) is 0 Å². The van der Waals surface area contributed by atoms with Crippen LogP contribution in [-0.4, -0.2) is 33.2 Å². The highest BCUT2D eigenvalue weighted by molar-refractivity contribution is 6.21. The van der Waals surface area contributed by atoms with E-state index in [1.54, 1.807) is 0 Å². The summed E-state index contributed by atoms with van der Waals surface area (Å²) in [5.74, 6) is -3.71. The third-order valence-corrected chi connectivity index (χ3v) is 8.85.